The Morgan fingerprint density at radius 1 is 1.04 bits per heavy atom. The molecule has 2 N–H and O–H groups in total. The summed E-state index contributed by atoms with van der Waals surface area (Å²) in [5, 5.41) is 6.47. The van der Waals surface area contributed by atoms with Crippen molar-refractivity contribution < 1.29 is 14.4 Å². The molecule has 27 heavy (non-hydrogen) atoms. The summed E-state index contributed by atoms with van der Waals surface area (Å²) in [6, 6.07) is 13.0. The molecule has 1 saturated heterocycles. The van der Waals surface area contributed by atoms with Crippen LogP contribution in [0.4, 0.5) is 4.79 Å². The summed E-state index contributed by atoms with van der Waals surface area (Å²) in [4.78, 5) is 38.1. The number of hydrogen-bond donors (Lipinski definition) is 2. The lowest BCUT2D eigenvalue weighted by atomic mass is 9.92. The highest BCUT2D eigenvalue weighted by atomic mass is 35.5. The van der Waals surface area contributed by atoms with E-state index in [4.69, 9.17) is 23.2 Å². The molecule has 1 aliphatic rings. The zero-order chi connectivity index (χ0) is 19.6. The van der Waals surface area contributed by atoms with Crippen LogP contribution >= 0.6 is 23.2 Å². The van der Waals surface area contributed by atoms with Crippen molar-refractivity contribution >= 4 is 41.0 Å². The molecule has 8 heteroatoms. The van der Waals surface area contributed by atoms with Gasteiger partial charge in [-0.3, -0.25) is 14.5 Å². The zero-order valence-electron chi connectivity index (χ0n) is 14.5. The summed E-state index contributed by atoms with van der Waals surface area (Å²) in [7, 11) is 0. The standard InChI is InChI=1S/C19H17Cl2N3O3/c1-19(13-4-8-15(21)9-5-13)17(26)24(18(27)23-19)11-16(25)22-10-12-2-6-14(20)7-3-12/h2-9H,10-11H2,1H3,(H,22,25)(H,23,27)/t19-/m0/s1. The molecule has 1 aliphatic heterocycles. The molecule has 1 atom stereocenters. The smallest absolute Gasteiger partial charge is 0.325 e. The Balaban J connectivity index is 1.65. The predicted molar refractivity (Wildman–Crippen MR) is 102 cm³/mol. The van der Waals surface area contributed by atoms with Crippen LogP contribution in [0.2, 0.25) is 10.0 Å². The van der Waals surface area contributed by atoms with E-state index in [1.165, 1.54) is 0 Å². The average molecular weight is 406 g/mol. The molecule has 0 unspecified atom stereocenters. The average Bonchev–Trinajstić information content (AvgIpc) is 2.86. The molecular weight excluding hydrogens is 389 g/mol. The minimum atomic E-state index is -1.24. The molecule has 0 bridgehead atoms. The molecule has 2 aromatic carbocycles. The first-order chi connectivity index (χ1) is 12.8. The molecule has 4 amide bonds. The Bertz CT molecular complexity index is 884. The SMILES string of the molecule is C[C@@]1(c2ccc(Cl)cc2)NC(=O)N(CC(=O)NCc2ccc(Cl)cc2)C1=O. The van der Waals surface area contributed by atoms with Crippen molar-refractivity contribution in [1.29, 1.82) is 0 Å². The third-order valence-electron chi connectivity index (χ3n) is 4.40. The van der Waals surface area contributed by atoms with Gasteiger partial charge in [0.1, 0.15) is 12.1 Å². The van der Waals surface area contributed by atoms with Crippen LogP contribution in [-0.4, -0.2) is 29.3 Å². The second-order valence-electron chi connectivity index (χ2n) is 6.36. The van der Waals surface area contributed by atoms with Gasteiger partial charge in [-0.25, -0.2) is 4.79 Å². The lowest BCUT2D eigenvalue weighted by Gasteiger charge is -2.22. The summed E-state index contributed by atoms with van der Waals surface area (Å²) >= 11 is 11.7. The molecule has 3 rings (SSSR count). The quantitative estimate of drug-likeness (QED) is 0.750. The number of benzene rings is 2. The number of urea groups is 1. The van der Waals surface area contributed by atoms with Gasteiger partial charge in [-0.05, 0) is 42.3 Å². The molecule has 2 aromatic rings. The maximum atomic E-state index is 12.8. The Hall–Kier alpha value is -2.57. The van der Waals surface area contributed by atoms with E-state index in [2.05, 4.69) is 10.6 Å². The van der Waals surface area contributed by atoms with Gasteiger partial charge in [0.25, 0.3) is 5.91 Å². The van der Waals surface area contributed by atoms with Gasteiger partial charge in [-0.15, -0.1) is 0 Å². The van der Waals surface area contributed by atoms with Crippen LogP contribution in [0.25, 0.3) is 0 Å². The minimum absolute atomic E-state index is 0.272. The topological polar surface area (TPSA) is 78.5 Å². The van der Waals surface area contributed by atoms with Crippen molar-refractivity contribution in [2.75, 3.05) is 6.54 Å². The van der Waals surface area contributed by atoms with E-state index in [-0.39, 0.29) is 13.1 Å². The van der Waals surface area contributed by atoms with Gasteiger partial charge in [-0.2, -0.15) is 0 Å². The van der Waals surface area contributed by atoms with E-state index in [1.54, 1.807) is 55.5 Å². The van der Waals surface area contributed by atoms with Crippen LogP contribution in [0.1, 0.15) is 18.1 Å². The van der Waals surface area contributed by atoms with Crippen molar-refractivity contribution in [3.63, 3.8) is 0 Å². The van der Waals surface area contributed by atoms with E-state index in [0.29, 0.717) is 15.6 Å². The summed E-state index contributed by atoms with van der Waals surface area (Å²) < 4.78 is 0. The van der Waals surface area contributed by atoms with Crippen molar-refractivity contribution in [3.05, 3.63) is 69.7 Å². The lowest BCUT2D eigenvalue weighted by molar-refractivity contribution is -0.134. The molecule has 1 heterocycles. The zero-order valence-corrected chi connectivity index (χ0v) is 16.0. The van der Waals surface area contributed by atoms with Gasteiger partial charge in [0.15, 0.2) is 0 Å². The second kappa shape index (κ2) is 7.58. The van der Waals surface area contributed by atoms with Gasteiger partial charge in [-0.1, -0.05) is 47.5 Å². The van der Waals surface area contributed by atoms with Gasteiger partial charge in [0, 0.05) is 16.6 Å². The number of nitrogens with zero attached hydrogens (tertiary/aromatic N) is 1. The first-order valence-electron chi connectivity index (χ1n) is 8.21. The van der Waals surface area contributed by atoms with Crippen molar-refractivity contribution in [2.24, 2.45) is 0 Å². The summed E-state index contributed by atoms with van der Waals surface area (Å²) in [6.45, 7) is 1.51. The van der Waals surface area contributed by atoms with E-state index in [9.17, 15) is 14.4 Å². The first-order valence-corrected chi connectivity index (χ1v) is 8.96. The number of amides is 4. The Morgan fingerprint density at radius 2 is 1.59 bits per heavy atom. The summed E-state index contributed by atoms with van der Waals surface area (Å²) in [5.41, 5.74) is 0.211. The number of carbonyl (C=O) groups excluding carboxylic acids is 3. The Labute approximate surface area is 166 Å². The Morgan fingerprint density at radius 3 is 2.19 bits per heavy atom. The van der Waals surface area contributed by atoms with Crippen molar-refractivity contribution in [2.45, 2.75) is 19.0 Å². The summed E-state index contributed by atoms with van der Waals surface area (Å²) in [5.74, 6) is -0.926. The molecule has 0 spiro atoms. The number of carbonyl (C=O) groups is 3. The van der Waals surface area contributed by atoms with Crippen LogP contribution < -0.4 is 10.6 Å². The molecular formula is C19H17Cl2N3O3. The number of imide groups is 1. The maximum absolute atomic E-state index is 12.8. The number of nitrogens with one attached hydrogen (secondary N) is 2. The fourth-order valence-corrected chi connectivity index (χ4v) is 3.07. The fraction of sp³-hybridized carbons (Fsp3) is 0.211. The van der Waals surface area contributed by atoms with E-state index < -0.39 is 23.4 Å². The normalized spacial score (nSPS) is 19.1. The molecule has 0 aliphatic carbocycles. The largest absolute Gasteiger partial charge is 0.350 e. The molecule has 140 valence electrons. The van der Waals surface area contributed by atoms with Gasteiger partial charge in [0.2, 0.25) is 5.91 Å². The van der Waals surface area contributed by atoms with Crippen molar-refractivity contribution in [1.82, 2.24) is 15.5 Å². The van der Waals surface area contributed by atoms with E-state index >= 15 is 0 Å². The highest BCUT2D eigenvalue weighted by Crippen LogP contribution is 2.29. The molecule has 1 fully saturated rings. The number of rotatable bonds is 5. The van der Waals surface area contributed by atoms with Crippen LogP contribution in [-0.2, 0) is 21.7 Å². The molecule has 0 saturated carbocycles. The Kier molecular flexibility index (Phi) is 5.39. The highest BCUT2D eigenvalue weighted by Gasteiger charge is 2.49. The predicted octanol–water partition coefficient (Wildman–Crippen LogP) is 3.08. The third-order valence-corrected chi connectivity index (χ3v) is 4.91. The maximum Gasteiger partial charge on any atom is 0.325 e. The monoisotopic (exact) mass is 405 g/mol. The molecule has 0 aromatic heterocycles. The van der Waals surface area contributed by atoms with Crippen molar-refractivity contribution in [3.8, 4) is 0 Å². The first kappa shape index (κ1) is 19.2. The second-order valence-corrected chi connectivity index (χ2v) is 7.23. The fourth-order valence-electron chi connectivity index (χ4n) is 2.82. The minimum Gasteiger partial charge on any atom is -0.350 e. The lowest BCUT2D eigenvalue weighted by Crippen LogP contribution is -2.43. The van der Waals surface area contributed by atoms with Gasteiger partial charge >= 0.3 is 6.03 Å². The van der Waals surface area contributed by atoms with E-state index in [0.717, 1.165) is 10.5 Å². The van der Waals surface area contributed by atoms with Gasteiger partial charge in [0.05, 0.1) is 0 Å². The van der Waals surface area contributed by atoms with E-state index in [1.807, 2.05) is 0 Å². The van der Waals surface area contributed by atoms with Crippen LogP contribution in [0.3, 0.4) is 0 Å². The summed E-state index contributed by atoms with van der Waals surface area (Å²) in [6.07, 6.45) is 0. The van der Waals surface area contributed by atoms with Gasteiger partial charge < -0.3 is 10.6 Å². The molecule has 0 radical (unpaired) electrons. The molecule has 6 nitrogen and oxygen atoms in total. The number of hydrogen-bond acceptors (Lipinski definition) is 3. The highest BCUT2D eigenvalue weighted by molar-refractivity contribution is 6.30. The number of halogens is 2. The van der Waals surface area contributed by atoms with Crippen LogP contribution in [0.15, 0.2) is 48.5 Å². The third kappa shape index (κ3) is 4.07. The van der Waals surface area contributed by atoms with Crippen LogP contribution in [0.5, 0.6) is 0 Å². The van der Waals surface area contributed by atoms with Crippen LogP contribution in [0, 0.1) is 0 Å².